The van der Waals surface area contributed by atoms with Crippen molar-refractivity contribution in [3.63, 3.8) is 0 Å². The fraction of sp³-hybridized carbons (Fsp3) is 0.0714. The summed E-state index contributed by atoms with van der Waals surface area (Å²) in [6.07, 6.45) is 4.18. The monoisotopic (exact) mass is 279 g/mol. The number of fused-ring (bicyclic) bond motifs is 1. The second kappa shape index (κ2) is 5.02. The number of hydrogen-bond acceptors (Lipinski definition) is 6. The zero-order valence-electron chi connectivity index (χ0n) is 11.1. The number of para-hydroxylation sites is 1. The van der Waals surface area contributed by atoms with Gasteiger partial charge in [0.1, 0.15) is 11.6 Å². The van der Waals surface area contributed by atoms with Gasteiger partial charge in [-0.25, -0.2) is 0 Å². The maximum Gasteiger partial charge on any atom is 0.240 e. The fourth-order valence-electron chi connectivity index (χ4n) is 2.27. The van der Waals surface area contributed by atoms with E-state index in [9.17, 15) is 0 Å². The molecule has 0 amide bonds. The summed E-state index contributed by atoms with van der Waals surface area (Å²) in [6.45, 7) is 0. The highest BCUT2D eigenvalue weighted by atomic mass is 15.1. The number of benzene rings is 1. The standard InChI is InChI=1S/C14H13N7/c15-7-19-14-20-12(16)10(13(17)21-14)5-8-6-18-11-4-2-1-3-9(8)11/h1-4,6,18H,5H2,(H5,16,17,19,20,21). The van der Waals surface area contributed by atoms with Crippen LogP contribution < -0.4 is 16.8 Å². The molecule has 0 spiro atoms. The van der Waals surface area contributed by atoms with Gasteiger partial charge in [0.25, 0.3) is 0 Å². The first-order valence-corrected chi connectivity index (χ1v) is 6.31. The van der Waals surface area contributed by atoms with Gasteiger partial charge in [0.2, 0.25) is 5.95 Å². The lowest BCUT2D eigenvalue weighted by Gasteiger charge is -2.08. The molecule has 0 aliphatic carbocycles. The quantitative estimate of drug-likeness (QED) is 0.425. The van der Waals surface area contributed by atoms with E-state index >= 15 is 0 Å². The predicted molar refractivity (Wildman–Crippen MR) is 81.2 cm³/mol. The second-order valence-electron chi connectivity index (χ2n) is 4.57. The van der Waals surface area contributed by atoms with Crippen molar-refractivity contribution in [2.24, 2.45) is 0 Å². The normalized spacial score (nSPS) is 10.4. The van der Waals surface area contributed by atoms with E-state index < -0.39 is 0 Å². The number of aromatic amines is 1. The Labute approximate surface area is 120 Å². The summed E-state index contributed by atoms with van der Waals surface area (Å²) < 4.78 is 0. The number of nitriles is 1. The van der Waals surface area contributed by atoms with E-state index in [2.05, 4.69) is 20.3 Å². The molecule has 0 saturated heterocycles. The van der Waals surface area contributed by atoms with Crippen LogP contribution in [0.4, 0.5) is 17.6 Å². The number of rotatable bonds is 3. The molecule has 3 rings (SSSR count). The molecule has 6 N–H and O–H groups in total. The van der Waals surface area contributed by atoms with Crippen LogP contribution >= 0.6 is 0 Å². The highest BCUT2D eigenvalue weighted by Gasteiger charge is 2.13. The van der Waals surface area contributed by atoms with Gasteiger partial charge in [0.05, 0.1) is 0 Å². The molecule has 7 heteroatoms. The Morgan fingerprint density at radius 2 is 1.90 bits per heavy atom. The summed E-state index contributed by atoms with van der Waals surface area (Å²) in [4.78, 5) is 11.3. The second-order valence-corrected chi connectivity index (χ2v) is 4.57. The number of nitrogen functional groups attached to an aromatic ring is 2. The van der Waals surface area contributed by atoms with Crippen molar-refractivity contribution in [2.75, 3.05) is 16.8 Å². The van der Waals surface area contributed by atoms with Crippen LogP contribution in [0.15, 0.2) is 30.5 Å². The van der Waals surface area contributed by atoms with Crippen molar-refractivity contribution < 1.29 is 0 Å². The van der Waals surface area contributed by atoms with Crippen molar-refractivity contribution >= 4 is 28.5 Å². The van der Waals surface area contributed by atoms with Gasteiger partial charge in [0, 0.05) is 29.1 Å². The zero-order valence-corrected chi connectivity index (χ0v) is 11.1. The van der Waals surface area contributed by atoms with Crippen molar-refractivity contribution in [3.05, 3.63) is 41.6 Å². The van der Waals surface area contributed by atoms with Crippen LogP contribution in [0.1, 0.15) is 11.1 Å². The summed E-state index contributed by atoms with van der Waals surface area (Å²) in [5.41, 5.74) is 14.6. The van der Waals surface area contributed by atoms with Crippen LogP contribution in [0, 0.1) is 11.5 Å². The van der Waals surface area contributed by atoms with Crippen LogP contribution in [-0.4, -0.2) is 15.0 Å². The predicted octanol–water partition coefficient (Wildman–Crippen LogP) is 1.61. The van der Waals surface area contributed by atoms with E-state index in [1.807, 2.05) is 30.5 Å². The maximum atomic E-state index is 8.57. The van der Waals surface area contributed by atoms with Crippen LogP contribution in [0.3, 0.4) is 0 Å². The SMILES string of the molecule is N#CNc1nc(N)c(Cc2c[nH]c3ccccc23)c(N)n1. The molecule has 7 nitrogen and oxygen atoms in total. The molecule has 0 bridgehead atoms. The molecule has 0 saturated carbocycles. The molecule has 2 heterocycles. The Balaban J connectivity index is 2.00. The number of nitrogens with one attached hydrogen (secondary N) is 2. The molecule has 21 heavy (non-hydrogen) atoms. The first-order chi connectivity index (χ1) is 10.2. The number of aromatic nitrogens is 3. The largest absolute Gasteiger partial charge is 0.383 e. The van der Waals surface area contributed by atoms with E-state index in [0.717, 1.165) is 16.5 Å². The topological polar surface area (TPSA) is 129 Å². The third-order valence-electron chi connectivity index (χ3n) is 3.28. The molecule has 0 atom stereocenters. The smallest absolute Gasteiger partial charge is 0.240 e. The zero-order chi connectivity index (χ0) is 14.8. The Kier molecular flexibility index (Phi) is 3.04. The first-order valence-electron chi connectivity index (χ1n) is 6.31. The number of anilines is 3. The van der Waals surface area contributed by atoms with Crippen LogP contribution in [0.5, 0.6) is 0 Å². The van der Waals surface area contributed by atoms with Gasteiger partial charge in [-0.2, -0.15) is 15.2 Å². The van der Waals surface area contributed by atoms with E-state index in [1.165, 1.54) is 0 Å². The molecule has 104 valence electrons. The Morgan fingerprint density at radius 1 is 1.19 bits per heavy atom. The van der Waals surface area contributed by atoms with Gasteiger partial charge < -0.3 is 16.5 Å². The molecular weight excluding hydrogens is 266 g/mol. The minimum absolute atomic E-state index is 0.107. The van der Waals surface area contributed by atoms with Crippen LogP contribution in [0.25, 0.3) is 10.9 Å². The van der Waals surface area contributed by atoms with Crippen LogP contribution in [0.2, 0.25) is 0 Å². The molecule has 0 radical (unpaired) electrons. The van der Waals surface area contributed by atoms with Crippen molar-refractivity contribution in [2.45, 2.75) is 6.42 Å². The van der Waals surface area contributed by atoms with Gasteiger partial charge in [0.15, 0.2) is 6.19 Å². The summed E-state index contributed by atoms with van der Waals surface area (Å²) in [6, 6.07) is 7.97. The van der Waals surface area contributed by atoms with Gasteiger partial charge >= 0.3 is 0 Å². The summed E-state index contributed by atoms with van der Waals surface area (Å²) in [5.74, 6) is 0.645. The van der Waals surface area contributed by atoms with Gasteiger partial charge in [-0.3, -0.25) is 5.32 Å². The maximum absolute atomic E-state index is 8.57. The fourth-order valence-corrected chi connectivity index (χ4v) is 2.27. The average molecular weight is 279 g/mol. The van der Waals surface area contributed by atoms with Crippen LogP contribution in [-0.2, 0) is 6.42 Å². The number of hydrogen-bond donors (Lipinski definition) is 4. The molecule has 2 aromatic heterocycles. The van der Waals surface area contributed by atoms with Crippen molar-refractivity contribution in [1.29, 1.82) is 5.26 Å². The molecule has 1 aromatic carbocycles. The summed E-state index contributed by atoms with van der Waals surface area (Å²) in [7, 11) is 0. The van der Waals surface area contributed by atoms with Crippen molar-refractivity contribution in [3.8, 4) is 6.19 Å². The Hall–Kier alpha value is -3.27. The van der Waals surface area contributed by atoms with Gasteiger partial charge in [-0.15, -0.1) is 0 Å². The molecule has 0 aliphatic rings. The summed E-state index contributed by atoms with van der Waals surface area (Å²) >= 11 is 0. The summed E-state index contributed by atoms with van der Waals surface area (Å²) in [5, 5.41) is 12.0. The lowest BCUT2D eigenvalue weighted by molar-refractivity contribution is 1.10. The molecule has 3 aromatic rings. The molecule has 0 fully saturated rings. The third kappa shape index (κ3) is 2.30. The minimum atomic E-state index is 0.107. The van der Waals surface area contributed by atoms with Gasteiger partial charge in [-0.1, -0.05) is 18.2 Å². The highest BCUT2D eigenvalue weighted by Crippen LogP contribution is 2.25. The molecule has 0 aliphatic heterocycles. The lowest BCUT2D eigenvalue weighted by atomic mass is 10.1. The van der Waals surface area contributed by atoms with E-state index in [4.69, 9.17) is 16.7 Å². The lowest BCUT2D eigenvalue weighted by Crippen LogP contribution is -2.09. The minimum Gasteiger partial charge on any atom is -0.383 e. The Morgan fingerprint density at radius 3 is 2.62 bits per heavy atom. The van der Waals surface area contributed by atoms with E-state index in [1.54, 1.807) is 6.19 Å². The highest BCUT2D eigenvalue weighted by molar-refractivity contribution is 5.83. The first kappa shape index (κ1) is 12.7. The third-order valence-corrected chi connectivity index (χ3v) is 3.28. The van der Waals surface area contributed by atoms with E-state index in [0.29, 0.717) is 12.0 Å². The number of nitrogens with two attached hydrogens (primary N) is 2. The molecule has 0 unspecified atom stereocenters. The van der Waals surface area contributed by atoms with E-state index in [-0.39, 0.29) is 17.6 Å². The Bertz CT molecular complexity index is 821. The number of H-pyrrole nitrogens is 1. The van der Waals surface area contributed by atoms with Crippen molar-refractivity contribution in [1.82, 2.24) is 15.0 Å². The number of nitrogens with zero attached hydrogens (tertiary/aromatic N) is 3. The molecular formula is C14H13N7. The van der Waals surface area contributed by atoms with Gasteiger partial charge in [-0.05, 0) is 11.6 Å². The average Bonchev–Trinajstić information content (AvgIpc) is 2.86.